The molecule has 0 bridgehead atoms. The van der Waals surface area contributed by atoms with Crippen molar-refractivity contribution in [3.05, 3.63) is 29.3 Å². The topological polar surface area (TPSA) is 18.5 Å². The molecule has 1 aliphatic heterocycles. The second-order valence-electron chi connectivity index (χ2n) is 5.95. The molecular weight excluding hydrogens is 211 g/mol. The van der Waals surface area contributed by atoms with Crippen LogP contribution in [0.1, 0.15) is 38.8 Å². The quantitative estimate of drug-likeness (QED) is 0.693. The van der Waals surface area contributed by atoms with Crippen molar-refractivity contribution < 1.29 is 9.31 Å². The molecular formula is C14H21BO2. The Balaban J connectivity index is 2.35. The SMILES string of the molecule is Cc1ccc(C)c(B2OC(C)(C)C(C)(C)O2)c1. The van der Waals surface area contributed by atoms with Crippen molar-refractivity contribution in [2.24, 2.45) is 0 Å². The van der Waals surface area contributed by atoms with E-state index < -0.39 is 0 Å². The zero-order valence-corrected chi connectivity index (χ0v) is 11.6. The smallest absolute Gasteiger partial charge is 0.399 e. The molecule has 1 aliphatic rings. The molecule has 1 aromatic rings. The molecule has 2 rings (SSSR count). The van der Waals surface area contributed by atoms with E-state index in [-0.39, 0.29) is 18.3 Å². The standard InChI is InChI=1S/C14H21BO2/c1-10-7-8-11(2)12(9-10)15-16-13(3,4)14(5,6)17-15/h7-9H,1-6H3. The van der Waals surface area contributed by atoms with Crippen LogP contribution in [0.5, 0.6) is 0 Å². The molecule has 0 N–H and O–H groups in total. The third kappa shape index (κ3) is 2.14. The fraction of sp³-hybridized carbons (Fsp3) is 0.571. The lowest BCUT2D eigenvalue weighted by Gasteiger charge is -2.32. The molecule has 0 radical (unpaired) electrons. The van der Waals surface area contributed by atoms with Crippen LogP contribution in [0, 0.1) is 13.8 Å². The number of hydrogen-bond acceptors (Lipinski definition) is 2. The minimum atomic E-state index is -0.270. The molecule has 0 unspecified atom stereocenters. The lowest BCUT2D eigenvalue weighted by molar-refractivity contribution is 0.00578. The van der Waals surface area contributed by atoms with Crippen LogP contribution in [0.4, 0.5) is 0 Å². The van der Waals surface area contributed by atoms with Crippen LogP contribution in [-0.4, -0.2) is 18.3 Å². The van der Waals surface area contributed by atoms with E-state index in [9.17, 15) is 0 Å². The first-order valence-corrected chi connectivity index (χ1v) is 6.16. The number of benzene rings is 1. The van der Waals surface area contributed by atoms with Gasteiger partial charge in [-0.05, 0) is 47.0 Å². The maximum absolute atomic E-state index is 6.06. The normalized spacial score (nSPS) is 21.9. The summed E-state index contributed by atoms with van der Waals surface area (Å²) in [5.74, 6) is 0. The summed E-state index contributed by atoms with van der Waals surface area (Å²) in [5, 5.41) is 0. The van der Waals surface area contributed by atoms with Gasteiger partial charge in [-0.1, -0.05) is 29.3 Å². The van der Waals surface area contributed by atoms with Crippen molar-refractivity contribution >= 4 is 12.6 Å². The second-order valence-corrected chi connectivity index (χ2v) is 5.95. The molecule has 0 atom stereocenters. The summed E-state index contributed by atoms with van der Waals surface area (Å²) in [4.78, 5) is 0. The molecule has 1 aromatic carbocycles. The largest absolute Gasteiger partial charge is 0.495 e. The molecule has 1 fully saturated rings. The summed E-state index contributed by atoms with van der Waals surface area (Å²) >= 11 is 0. The minimum absolute atomic E-state index is 0.250. The molecule has 3 heteroatoms. The number of rotatable bonds is 1. The molecule has 0 aliphatic carbocycles. The molecule has 2 nitrogen and oxygen atoms in total. The van der Waals surface area contributed by atoms with Crippen LogP contribution in [-0.2, 0) is 9.31 Å². The number of aryl methyl sites for hydroxylation is 2. The molecule has 0 amide bonds. The Morgan fingerprint density at radius 3 is 2.00 bits per heavy atom. The lowest BCUT2D eigenvalue weighted by Crippen LogP contribution is -2.41. The first kappa shape index (κ1) is 12.7. The predicted octanol–water partition coefficient (Wildman–Crippen LogP) is 2.60. The van der Waals surface area contributed by atoms with Crippen LogP contribution in [0.25, 0.3) is 0 Å². The maximum Gasteiger partial charge on any atom is 0.495 e. The maximum atomic E-state index is 6.06. The van der Waals surface area contributed by atoms with Gasteiger partial charge in [0.2, 0.25) is 0 Å². The van der Waals surface area contributed by atoms with Gasteiger partial charge in [0.15, 0.2) is 0 Å². The third-order valence-electron chi connectivity index (χ3n) is 3.94. The van der Waals surface area contributed by atoms with Crippen LogP contribution in [0.3, 0.4) is 0 Å². The fourth-order valence-electron chi connectivity index (χ4n) is 1.98. The number of hydrogen-bond donors (Lipinski definition) is 0. The lowest BCUT2D eigenvalue weighted by atomic mass is 9.75. The highest BCUT2D eigenvalue weighted by Crippen LogP contribution is 2.36. The molecule has 92 valence electrons. The Kier molecular flexibility index (Phi) is 2.87. The molecule has 17 heavy (non-hydrogen) atoms. The van der Waals surface area contributed by atoms with Gasteiger partial charge in [0.1, 0.15) is 0 Å². The molecule has 0 saturated carbocycles. The van der Waals surface area contributed by atoms with E-state index >= 15 is 0 Å². The van der Waals surface area contributed by atoms with Crippen LogP contribution >= 0.6 is 0 Å². The summed E-state index contributed by atoms with van der Waals surface area (Å²) in [5.41, 5.74) is 3.06. The van der Waals surface area contributed by atoms with Crippen LogP contribution in [0.15, 0.2) is 18.2 Å². The van der Waals surface area contributed by atoms with Gasteiger partial charge < -0.3 is 9.31 Å². The fourth-order valence-corrected chi connectivity index (χ4v) is 1.98. The first-order valence-electron chi connectivity index (χ1n) is 6.16. The Morgan fingerprint density at radius 1 is 0.941 bits per heavy atom. The van der Waals surface area contributed by atoms with Gasteiger partial charge in [-0.25, -0.2) is 0 Å². The molecule has 0 spiro atoms. The van der Waals surface area contributed by atoms with Gasteiger partial charge in [0.05, 0.1) is 11.2 Å². The zero-order valence-electron chi connectivity index (χ0n) is 11.6. The van der Waals surface area contributed by atoms with Gasteiger partial charge in [0.25, 0.3) is 0 Å². The summed E-state index contributed by atoms with van der Waals surface area (Å²) in [7, 11) is -0.250. The monoisotopic (exact) mass is 232 g/mol. The summed E-state index contributed by atoms with van der Waals surface area (Å²) in [6.45, 7) is 12.5. The highest BCUT2D eigenvalue weighted by Gasteiger charge is 2.51. The highest BCUT2D eigenvalue weighted by atomic mass is 16.7. The van der Waals surface area contributed by atoms with E-state index in [0.717, 1.165) is 5.46 Å². The first-order chi connectivity index (χ1) is 7.73. The van der Waals surface area contributed by atoms with Crippen molar-refractivity contribution in [2.45, 2.75) is 52.7 Å². The van der Waals surface area contributed by atoms with Gasteiger partial charge in [-0.3, -0.25) is 0 Å². The van der Waals surface area contributed by atoms with Gasteiger partial charge in [0, 0.05) is 0 Å². The summed E-state index contributed by atoms with van der Waals surface area (Å²) in [6.07, 6.45) is 0. The van der Waals surface area contributed by atoms with Crippen molar-refractivity contribution in [2.75, 3.05) is 0 Å². The van der Waals surface area contributed by atoms with E-state index in [0.29, 0.717) is 0 Å². The van der Waals surface area contributed by atoms with Crippen molar-refractivity contribution in [3.8, 4) is 0 Å². The highest BCUT2D eigenvalue weighted by molar-refractivity contribution is 6.62. The third-order valence-corrected chi connectivity index (χ3v) is 3.94. The molecule has 1 heterocycles. The Labute approximate surface area is 104 Å². The summed E-state index contributed by atoms with van der Waals surface area (Å²) in [6, 6.07) is 6.39. The average Bonchev–Trinajstić information content (AvgIpc) is 2.40. The van der Waals surface area contributed by atoms with Crippen LogP contribution < -0.4 is 5.46 Å². The van der Waals surface area contributed by atoms with Crippen LogP contribution in [0.2, 0.25) is 0 Å². The summed E-state index contributed by atoms with van der Waals surface area (Å²) < 4.78 is 12.1. The average molecular weight is 232 g/mol. The molecule has 0 aromatic heterocycles. The zero-order chi connectivity index (χ0) is 12.8. The van der Waals surface area contributed by atoms with Crippen molar-refractivity contribution in [1.29, 1.82) is 0 Å². The van der Waals surface area contributed by atoms with Crippen molar-refractivity contribution in [3.63, 3.8) is 0 Å². The Hall–Kier alpha value is -0.795. The van der Waals surface area contributed by atoms with Crippen molar-refractivity contribution in [1.82, 2.24) is 0 Å². The van der Waals surface area contributed by atoms with E-state index in [2.05, 4.69) is 59.7 Å². The Bertz CT molecular complexity index is 422. The van der Waals surface area contributed by atoms with E-state index in [1.165, 1.54) is 11.1 Å². The van der Waals surface area contributed by atoms with E-state index in [4.69, 9.17) is 9.31 Å². The minimum Gasteiger partial charge on any atom is -0.399 e. The van der Waals surface area contributed by atoms with E-state index in [1.54, 1.807) is 0 Å². The second kappa shape index (κ2) is 3.86. The predicted molar refractivity (Wildman–Crippen MR) is 71.6 cm³/mol. The van der Waals surface area contributed by atoms with Gasteiger partial charge in [-0.2, -0.15) is 0 Å². The van der Waals surface area contributed by atoms with E-state index in [1.807, 2.05) is 0 Å². The van der Waals surface area contributed by atoms with Gasteiger partial charge in [-0.15, -0.1) is 0 Å². The van der Waals surface area contributed by atoms with Gasteiger partial charge >= 0.3 is 7.12 Å². The molecule has 1 saturated heterocycles. The Morgan fingerprint density at radius 2 is 1.47 bits per heavy atom.